The Morgan fingerprint density at radius 3 is 2.45 bits per heavy atom. The third-order valence-electron chi connectivity index (χ3n) is 5.51. The molecule has 2 saturated heterocycles. The molecule has 7 nitrogen and oxygen atoms in total. The third-order valence-corrected chi connectivity index (χ3v) is 5.51. The number of amides is 2. The molecule has 2 aliphatic heterocycles. The van der Waals surface area contributed by atoms with Gasteiger partial charge in [0.05, 0.1) is 24.3 Å². The van der Waals surface area contributed by atoms with Gasteiger partial charge in [-0.15, -0.1) is 0 Å². The first-order chi connectivity index (χ1) is 14.0. The lowest BCUT2D eigenvalue weighted by Gasteiger charge is -2.37. The van der Waals surface area contributed by atoms with Gasteiger partial charge >= 0.3 is 0 Å². The van der Waals surface area contributed by atoms with Gasteiger partial charge < -0.3 is 19.7 Å². The van der Waals surface area contributed by atoms with Crippen molar-refractivity contribution in [3.8, 4) is 0 Å². The molecule has 29 heavy (non-hydrogen) atoms. The Bertz CT molecular complexity index is 927. The number of carbonyl (C=O) groups is 2. The number of rotatable bonds is 3. The summed E-state index contributed by atoms with van der Waals surface area (Å²) in [4.78, 5) is 31.5. The fourth-order valence-electron chi connectivity index (χ4n) is 3.76. The second-order valence-corrected chi connectivity index (χ2v) is 7.63. The Morgan fingerprint density at radius 1 is 1.03 bits per heavy atom. The zero-order valence-corrected chi connectivity index (χ0v) is 16.7. The molecule has 0 aliphatic carbocycles. The zero-order valence-electron chi connectivity index (χ0n) is 16.7. The maximum atomic E-state index is 12.9. The number of pyridine rings is 1. The molecule has 0 atom stereocenters. The number of aryl methyl sites for hydroxylation is 2. The van der Waals surface area contributed by atoms with Gasteiger partial charge in [0.2, 0.25) is 0 Å². The molecule has 2 aromatic rings. The highest BCUT2D eigenvalue weighted by molar-refractivity contribution is 6.06. The van der Waals surface area contributed by atoms with E-state index in [0.29, 0.717) is 50.3 Å². The van der Waals surface area contributed by atoms with Gasteiger partial charge in [-0.25, -0.2) is 0 Å². The van der Waals surface area contributed by atoms with Crippen LogP contribution in [-0.4, -0.2) is 53.8 Å². The number of benzene rings is 1. The molecule has 1 spiro atoms. The van der Waals surface area contributed by atoms with Crippen LogP contribution in [0.4, 0.5) is 5.69 Å². The molecular formula is C22H25N3O4. The van der Waals surface area contributed by atoms with Gasteiger partial charge in [0.1, 0.15) is 0 Å². The molecule has 2 amide bonds. The van der Waals surface area contributed by atoms with Crippen molar-refractivity contribution >= 4 is 17.5 Å². The highest BCUT2D eigenvalue weighted by Gasteiger charge is 2.40. The van der Waals surface area contributed by atoms with Gasteiger partial charge in [-0.3, -0.25) is 14.6 Å². The lowest BCUT2D eigenvalue weighted by molar-refractivity contribution is -0.181. The van der Waals surface area contributed by atoms with E-state index >= 15 is 0 Å². The predicted octanol–water partition coefficient (Wildman–Crippen LogP) is 2.93. The van der Waals surface area contributed by atoms with Crippen molar-refractivity contribution in [2.75, 3.05) is 31.6 Å². The summed E-state index contributed by atoms with van der Waals surface area (Å²) in [5.74, 6) is -0.944. The van der Waals surface area contributed by atoms with Crippen LogP contribution in [0.15, 0.2) is 36.7 Å². The topological polar surface area (TPSA) is 80.8 Å². The lowest BCUT2D eigenvalue weighted by atomic mass is 10.0. The smallest absolute Gasteiger partial charge is 0.257 e. The zero-order chi connectivity index (χ0) is 20.4. The molecule has 0 saturated carbocycles. The summed E-state index contributed by atoms with van der Waals surface area (Å²) in [6, 6.07) is 7.48. The number of piperidine rings is 1. The number of anilines is 1. The SMILES string of the molecule is Cc1ccc(C)c(NC(=O)c2cncc(C(=O)N3CCC4(CC3)OCCO4)c2)c1. The summed E-state index contributed by atoms with van der Waals surface area (Å²) in [7, 11) is 0. The predicted molar refractivity (Wildman–Crippen MR) is 108 cm³/mol. The number of nitrogens with zero attached hydrogens (tertiary/aromatic N) is 2. The van der Waals surface area contributed by atoms with Crippen molar-refractivity contribution in [2.45, 2.75) is 32.5 Å². The van der Waals surface area contributed by atoms with Crippen molar-refractivity contribution in [3.63, 3.8) is 0 Å². The fourth-order valence-corrected chi connectivity index (χ4v) is 3.76. The highest BCUT2D eigenvalue weighted by Crippen LogP contribution is 2.31. The van der Waals surface area contributed by atoms with Gasteiger partial charge in [0, 0.05) is 44.0 Å². The second-order valence-electron chi connectivity index (χ2n) is 7.63. The molecule has 2 fully saturated rings. The Morgan fingerprint density at radius 2 is 1.72 bits per heavy atom. The normalized spacial score (nSPS) is 18.1. The van der Waals surface area contributed by atoms with Gasteiger partial charge in [-0.05, 0) is 37.1 Å². The first kappa shape index (κ1) is 19.5. The summed E-state index contributed by atoms with van der Waals surface area (Å²) in [6.45, 7) is 6.23. The quantitative estimate of drug-likeness (QED) is 0.864. The van der Waals surface area contributed by atoms with Crippen LogP contribution >= 0.6 is 0 Å². The van der Waals surface area contributed by atoms with Crippen LogP contribution in [0.1, 0.15) is 44.7 Å². The molecular weight excluding hydrogens is 370 g/mol. The Hall–Kier alpha value is -2.77. The second kappa shape index (κ2) is 7.93. The van der Waals surface area contributed by atoms with Crippen LogP contribution in [0, 0.1) is 13.8 Å². The van der Waals surface area contributed by atoms with Crippen LogP contribution in [0.25, 0.3) is 0 Å². The summed E-state index contributed by atoms with van der Waals surface area (Å²) in [6.07, 6.45) is 4.28. The molecule has 1 aromatic heterocycles. The van der Waals surface area contributed by atoms with Crippen molar-refractivity contribution < 1.29 is 19.1 Å². The van der Waals surface area contributed by atoms with Crippen molar-refractivity contribution in [1.29, 1.82) is 0 Å². The van der Waals surface area contributed by atoms with E-state index in [0.717, 1.165) is 16.8 Å². The fraction of sp³-hybridized carbons (Fsp3) is 0.409. The van der Waals surface area contributed by atoms with Crippen LogP contribution < -0.4 is 5.32 Å². The van der Waals surface area contributed by atoms with Gasteiger partial charge in [0.15, 0.2) is 5.79 Å². The van der Waals surface area contributed by atoms with Gasteiger partial charge in [-0.2, -0.15) is 0 Å². The van der Waals surface area contributed by atoms with Crippen molar-refractivity contribution in [3.05, 3.63) is 58.9 Å². The standard InChI is InChI=1S/C22H25N3O4/c1-15-3-4-16(2)19(11-15)24-20(26)17-12-18(14-23-13-17)21(27)25-7-5-22(6-8-25)28-9-10-29-22/h3-4,11-14H,5-10H2,1-2H3,(H,24,26). The maximum Gasteiger partial charge on any atom is 0.257 e. The van der Waals surface area contributed by atoms with E-state index in [1.165, 1.54) is 12.4 Å². The van der Waals surface area contributed by atoms with E-state index in [9.17, 15) is 9.59 Å². The highest BCUT2D eigenvalue weighted by atomic mass is 16.7. The monoisotopic (exact) mass is 395 g/mol. The average Bonchev–Trinajstić information content (AvgIpc) is 3.19. The molecule has 152 valence electrons. The Labute approximate surface area is 170 Å². The number of likely N-dealkylation sites (tertiary alicyclic amines) is 1. The Kier molecular flexibility index (Phi) is 5.34. The lowest BCUT2D eigenvalue weighted by Crippen LogP contribution is -2.47. The van der Waals surface area contributed by atoms with E-state index in [-0.39, 0.29) is 11.8 Å². The summed E-state index contributed by atoms with van der Waals surface area (Å²) in [5, 5.41) is 2.91. The molecule has 0 unspecified atom stereocenters. The van der Waals surface area contributed by atoms with E-state index in [4.69, 9.17) is 9.47 Å². The Balaban J connectivity index is 1.45. The van der Waals surface area contributed by atoms with E-state index < -0.39 is 5.79 Å². The minimum absolute atomic E-state index is 0.133. The van der Waals surface area contributed by atoms with Crippen molar-refractivity contribution in [1.82, 2.24) is 9.88 Å². The number of hydrogen-bond acceptors (Lipinski definition) is 5. The number of aromatic nitrogens is 1. The molecule has 1 aromatic carbocycles. The van der Waals surface area contributed by atoms with Crippen LogP contribution in [-0.2, 0) is 9.47 Å². The first-order valence-corrected chi connectivity index (χ1v) is 9.87. The average molecular weight is 395 g/mol. The molecule has 4 rings (SSSR count). The molecule has 7 heteroatoms. The molecule has 3 heterocycles. The van der Waals surface area contributed by atoms with E-state index in [2.05, 4.69) is 10.3 Å². The van der Waals surface area contributed by atoms with Crippen LogP contribution in [0.2, 0.25) is 0 Å². The van der Waals surface area contributed by atoms with E-state index in [1.54, 1.807) is 11.0 Å². The molecule has 0 bridgehead atoms. The minimum atomic E-state index is -0.525. The third kappa shape index (κ3) is 4.16. The molecule has 0 radical (unpaired) electrons. The van der Waals surface area contributed by atoms with E-state index in [1.807, 2.05) is 32.0 Å². The molecule has 1 N–H and O–H groups in total. The van der Waals surface area contributed by atoms with Gasteiger partial charge in [0.25, 0.3) is 11.8 Å². The first-order valence-electron chi connectivity index (χ1n) is 9.87. The summed E-state index contributed by atoms with van der Waals surface area (Å²) in [5.41, 5.74) is 3.55. The van der Waals surface area contributed by atoms with Gasteiger partial charge in [-0.1, -0.05) is 12.1 Å². The number of carbonyl (C=O) groups excluding carboxylic acids is 2. The summed E-state index contributed by atoms with van der Waals surface area (Å²) < 4.78 is 11.4. The number of hydrogen-bond donors (Lipinski definition) is 1. The van der Waals surface area contributed by atoms with Crippen molar-refractivity contribution in [2.24, 2.45) is 0 Å². The largest absolute Gasteiger partial charge is 0.347 e. The molecule has 2 aliphatic rings. The maximum absolute atomic E-state index is 12.9. The summed E-state index contributed by atoms with van der Waals surface area (Å²) >= 11 is 0. The van der Waals surface area contributed by atoms with Crippen LogP contribution in [0.3, 0.4) is 0 Å². The minimum Gasteiger partial charge on any atom is -0.347 e. The number of ether oxygens (including phenoxy) is 2. The van der Waals surface area contributed by atoms with Crippen LogP contribution in [0.5, 0.6) is 0 Å². The number of nitrogens with one attached hydrogen (secondary N) is 1.